The fourth-order valence-electron chi connectivity index (χ4n) is 1.37. The lowest BCUT2D eigenvalue weighted by molar-refractivity contribution is 0.634. The van der Waals surface area contributed by atoms with Crippen molar-refractivity contribution in [2.45, 2.75) is 26.3 Å². The molecule has 0 radical (unpaired) electrons. The molecule has 0 unspecified atom stereocenters. The lowest BCUT2D eigenvalue weighted by Crippen LogP contribution is -2.25. The van der Waals surface area contributed by atoms with Crippen molar-refractivity contribution >= 4 is 27.2 Å². The van der Waals surface area contributed by atoms with Crippen molar-refractivity contribution in [2.75, 3.05) is 5.32 Å². The molecule has 2 aromatic rings. The number of nitrogens with one attached hydrogen (secondary N) is 1. The number of hydrogen-bond donors (Lipinski definition) is 1. The quantitative estimate of drug-likeness (QED) is 0.772. The van der Waals surface area contributed by atoms with Crippen LogP contribution < -0.4 is 5.32 Å². The van der Waals surface area contributed by atoms with Gasteiger partial charge < -0.3 is 5.32 Å². The third-order valence-corrected chi connectivity index (χ3v) is 2.64. The van der Waals surface area contributed by atoms with Crippen LogP contribution >= 0.6 is 11.3 Å². The maximum atomic E-state index is 4.25. The monoisotopic (exact) mass is 206 g/mol. The minimum Gasteiger partial charge on any atom is -0.380 e. The van der Waals surface area contributed by atoms with Crippen LogP contribution in [0.4, 0.5) is 5.69 Å². The third kappa shape index (κ3) is 2.04. The smallest absolute Gasteiger partial charge is 0.0813 e. The highest BCUT2D eigenvalue weighted by molar-refractivity contribution is 7.16. The van der Waals surface area contributed by atoms with E-state index in [9.17, 15) is 0 Å². The normalized spacial score (nSPS) is 11.9. The summed E-state index contributed by atoms with van der Waals surface area (Å²) in [4.78, 5) is 4.25. The maximum Gasteiger partial charge on any atom is 0.0813 e. The Labute approximate surface area is 88.0 Å². The van der Waals surface area contributed by atoms with Gasteiger partial charge in [-0.15, -0.1) is 11.3 Å². The van der Waals surface area contributed by atoms with Gasteiger partial charge in [0.1, 0.15) is 0 Å². The molecule has 2 rings (SSSR count). The Morgan fingerprint density at radius 2 is 2.07 bits per heavy atom. The van der Waals surface area contributed by atoms with E-state index in [0.29, 0.717) is 0 Å². The predicted molar refractivity (Wildman–Crippen MR) is 63.0 cm³/mol. The fourth-order valence-corrected chi connectivity index (χ4v) is 2.08. The number of benzene rings is 1. The van der Waals surface area contributed by atoms with Crippen LogP contribution in [0.25, 0.3) is 10.2 Å². The number of aromatic nitrogens is 1. The highest BCUT2D eigenvalue weighted by atomic mass is 32.1. The molecule has 0 aliphatic carbocycles. The molecular weight excluding hydrogens is 192 g/mol. The number of thiazole rings is 1. The van der Waals surface area contributed by atoms with Crippen molar-refractivity contribution in [1.29, 1.82) is 0 Å². The van der Waals surface area contributed by atoms with Crippen LogP contribution in [0.15, 0.2) is 23.7 Å². The Bertz CT molecular complexity index is 440. The summed E-state index contributed by atoms with van der Waals surface area (Å²) < 4.78 is 1.24. The van der Waals surface area contributed by atoms with Crippen molar-refractivity contribution in [3.05, 3.63) is 23.7 Å². The zero-order valence-electron chi connectivity index (χ0n) is 8.66. The number of rotatable bonds is 1. The van der Waals surface area contributed by atoms with Crippen molar-refractivity contribution in [1.82, 2.24) is 4.98 Å². The van der Waals surface area contributed by atoms with E-state index in [1.54, 1.807) is 11.3 Å². The molecule has 0 saturated heterocycles. The van der Waals surface area contributed by atoms with E-state index in [1.807, 2.05) is 5.51 Å². The van der Waals surface area contributed by atoms with Gasteiger partial charge >= 0.3 is 0 Å². The standard InChI is InChI=1S/C11H14N2S/c1-11(2,3)13-8-4-5-9-10(6-8)14-7-12-9/h4-7,13H,1-3H3. The molecule has 1 heterocycles. The molecule has 0 aliphatic heterocycles. The molecule has 0 saturated carbocycles. The van der Waals surface area contributed by atoms with Gasteiger partial charge in [-0.2, -0.15) is 0 Å². The van der Waals surface area contributed by atoms with Crippen LogP contribution in [0.1, 0.15) is 20.8 Å². The molecule has 14 heavy (non-hydrogen) atoms. The lowest BCUT2D eigenvalue weighted by atomic mass is 10.1. The third-order valence-electron chi connectivity index (χ3n) is 1.85. The summed E-state index contributed by atoms with van der Waals surface area (Å²) >= 11 is 1.68. The molecule has 0 amide bonds. The fraction of sp³-hybridized carbons (Fsp3) is 0.364. The molecule has 2 nitrogen and oxygen atoms in total. The summed E-state index contributed by atoms with van der Waals surface area (Å²) in [5.41, 5.74) is 4.23. The Morgan fingerprint density at radius 3 is 2.79 bits per heavy atom. The second-order valence-corrected chi connectivity index (χ2v) is 5.30. The summed E-state index contributed by atoms with van der Waals surface area (Å²) in [6.45, 7) is 6.47. The Hall–Kier alpha value is -1.09. The van der Waals surface area contributed by atoms with Crippen molar-refractivity contribution in [3.63, 3.8) is 0 Å². The summed E-state index contributed by atoms with van der Waals surface area (Å²) in [5.74, 6) is 0. The zero-order chi connectivity index (χ0) is 10.2. The molecule has 0 atom stereocenters. The van der Waals surface area contributed by atoms with Gasteiger partial charge in [0.05, 0.1) is 15.7 Å². The lowest BCUT2D eigenvalue weighted by Gasteiger charge is -2.21. The Morgan fingerprint density at radius 1 is 1.29 bits per heavy atom. The van der Waals surface area contributed by atoms with E-state index in [1.165, 1.54) is 4.70 Å². The van der Waals surface area contributed by atoms with Gasteiger partial charge in [-0.05, 0) is 39.0 Å². The van der Waals surface area contributed by atoms with E-state index in [-0.39, 0.29) is 5.54 Å². The van der Waals surface area contributed by atoms with Crippen molar-refractivity contribution in [2.24, 2.45) is 0 Å². The summed E-state index contributed by atoms with van der Waals surface area (Å²) in [7, 11) is 0. The number of nitrogens with zero attached hydrogens (tertiary/aromatic N) is 1. The molecule has 3 heteroatoms. The average Bonchev–Trinajstić information content (AvgIpc) is 2.47. The van der Waals surface area contributed by atoms with Crippen LogP contribution in [-0.4, -0.2) is 10.5 Å². The molecule has 0 spiro atoms. The average molecular weight is 206 g/mol. The summed E-state index contributed by atoms with van der Waals surface area (Å²) in [6, 6.07) is 6.28. The first-order chi connectivity index (χ1) is 6.54. The van der Waals surface area contributed by atoms with Gasteiger partial charge in [-0.3, -0.25) is 0 Å². The molecule has 74 valence electrons. The molecular formula is C11H14N2S. The van der Waals surface area contributed by atoms with E-state index in [2.05, 4.69) is 49.3 Å². The minimum atomic E-state index is 0.109. The zero-order valence-corrected chi connectivity index (χ0v) is 9.48. The van der Waals surface area contributed by atoms with E-state index < -0.39 is 0 Å². The van der Waals surface area contributed by atoms with Gasteiger partial charge in [-0.1, -0.05) is 0 Å². The molecule has 0 aliphatic rings. The number of fused-ring (bicyclic) bond motifs is 1. The first-order valence-corrected chi connectivity index (χ1v) is 5.54. The molecule has 0 fully saturated rings. The highest BCUT2D eigenvalue weighted by Crippen LogP contribution is 2.23. The molecule has 0 bridgehead atoms. The summed E-state index contributed by atoms with van der Waals surface area (Å²) in [6.07, 6.45) is 0. The first kappa shape index (κ1) is 9.46. The largest absolute Gasteiger partial charge is 0.380 e. The Kier molecular flexibility index (Phi) is 2.19. The topological polar surface area (TPSA) is 24.9 Å². The van der Waals surface area contributed by atoms with Crippen LogP contribution in [0.2, 0.25) is 0 Å². The molecule has 1 N–H and O–H groups in total. The van der Waals surface area contributed by atoms with Crippen LogP contribution in [0.5, 0.6) is 0 Å². The van der Waals surface area contributed by atoms with Gasteiger partial charge in [0.25, 0.3) is 0 Å². The highest BCUT2D eigenvalue weighted by Gasteiger charge is 2.09. The molecule has 1 aromatic heterocycles. The van der Waals surface area contributed by atoms with E-state index in [0.717, 1.165) is 11.2 Å². The first-order valence-electron chi connectivity index (χ1n) is 4.66. The summed E-state index contributed by atoms with van der Waals surface area (Å²) in [5, 5.41) is 3.44. The van der Waals surface area contributed by atoms with Crippen LogP contribution in [-0.2, 0) is 0 Å². The second kappa shape index (κ2) is 3.24. The number of hydrogen-bond acceptors (Lipinski definition) is 3. The second-order valence-electron chi connectivity index (χ2n) is 4.41. The van der Waals surface area contributed by atoms with Gasteiger partial charge in [-0.25, -0.2) is 4.98 Å². The maximum absolute atomic E-state index is 4.25. The van der Waals surface area contributed by atoms with Gasteiger partial charge in [0.15, 0.2) is 0 Å². The van der Waals surface area contributed by atoms with Crippen molar-refractivity contribution in [3.8, 4) is 0 Å². The van der Waals surface area contributed by atoms with Gasteiger partial charge in [0.2, 0.25) is 0 Å². The van der Waals surface area contributed by atoms with E-state index in [4.69, 9.17) is 0 Å². The van der Waals surface area contributed by atoms with Crippen LogP contribution in [0.3, 0.4) is 0 Å². The molecule has 1 aromatic carbocycles. The Balaban J connectivity index is 2.35. The van der Waals surface area contributed by atoms with E-state index >= 15 is 0 Å². The predicted octanol–water partition coefficient (Wildman–Crippen LogP) is 3.51. The number of anilines is 1. The SMILES string of the molecule is CC(C)(C)Nc1ccc2ncsc2c1. The van der Waals surface area contributed by atoms with Crippen LogP contribution in [0, 0.1) is 0 Å². The van der Waals surface area contributed by atoms with Gasteiger partial charge in [0, 0.05) is 11.2 Å². The van der Waals surface area contributed by atoms with Crippen molar-refractivity contribution < 1.29 is 0 Å². The minimum absolute atomic E-state index is 0.109.